The number of para-hydroxylation sites is 2. The Bertz CT molecular complexity index is 812. The second kappa shape index (κ2) is 7.59. The molecule has 7 heteroatoms. The zero-order valence-corrected chi connectivity index (χ0v) is 14.6. The third-order valence-electron chi connectivity index (χ3n) is 3.90. The molecule has 0 spiro atoms. The first-order valence-corrected chi connectivity index (χ1v) is 7.91. The SMILES string of the molecule is CC(=O)N(CC(=O)Nc1ccccc1C(F)(F)F)c1c(C)cccc1C. The van der Waals surface area contributed by atoms with Gasteiger partial charge < -0.3 is 10.2 Å². The molecule has 0 aromatic heterocycles. The van der Waals surface area contributed by atoms with E-state index in [-0.39, 0.29) is 18.1 Å². The molecule has 0 saturated carbocycles. The van der Waals surface area contributed by atoms with Crippen LogP contribution in [0.3, 0.4) is 0 Å². The fraction of sp³-hybridized carbons (Fsp3) is 0.263. The highest BCUT2D eigenvalue weighted by Gasteiger charge is 2.33. The van der Waals surface area contributed by atoms with Gasteiger partial charge in [-0.25, -0.2) is 0 Å². The summed E-state index contributed by atoms with van der Waals surface area (Å²) in [5, 5.41) is 2.26. The largest absolute Gasteiger partial charge is 0.418 e. The second-order valence-corrected chi connectivity index (χ2v) is 5.94. The van der Waals surface area contributed by atoms with E-state index in [0.717, 1.165) is 17.2 Å². The Morgan fingerprint density at radius 1 is 1.00 bits per heavy atom. The van der Waals surface area contributed by atoms with Gasteiger partial charge in [0.25, 0.3) is 0 Å². The molecule has 138 valence electrons. The molecule has 0 aliphatic carbocycles. The fourth-order valence-corrected chi connectivity index (χ4v) is 2.75. The number of halogens is 3. The van der Waals surface area contributed by atoms with Crippen molar-refractivity contribution in [3.05, 3.63) is 59.2 Å². The molecule has 2 rings (SSSR count). The highest BCUT2D eigenvalue weighted by atomic mass is 19.4. The van der Waals surface area contributed by atoms with Gasteiger partial charge in [-0.2, -0.15) is 13.2 Å². The van der Waals surface area contributed by atoms with E-state index in [1.54, 1.807) is 26.0 Å². The van der Waals surface area contributed by atoms with Crippen molar-refractivity contribution in [2.75, 3.05) is 16.8 Å². The van der Waals surface area contributed by atoms with Gasteiger partial charge in [0.05, 0.1) is 16.9 Å². The fourth-order valence-electron chi connectivity index (χ4n) is 2.75. The normalized spacial score (nSPS) is 11.2. The minimum Gasteiger partial charge on any atom is -0.324 e. The van der Waals surface area contributed by atoms with E-state index in [9.17, 15) is 22.8 Å². The van der Waals surface area contributed by atoms with Crippen LogP contribution >= 0.6 is 0 Å². The first-order chi connectivity index (χ1) is 12.1. The first-order valence-electron chi connectivity index (χ1n) is 7.91. The third-order valence-corrected chi connectivity index (χ3v) is 3.90. The summed E-state index contributed by atoms with van der Waals surface area (Å²) in [6, 6.07) is 10.1. The average Bonchev–Trinajstić information content (AvgIpc) is 2.53. The smallest absolute Gasteiger partial charge is 0.324 e. The van der Waals surface area contributed by atoms with Crippen LogP contribution < -0.4 is 10.2 Å². The Labute approximate surface area is 149 Å². The Balaban J connectivity index is 2.27. The van der Waals surface area contributed by atoms with Gasteiger partial charge in [-0.05, 0) is 37.1 Å². The Kier molecular flexibility index (Phi) is 5.69. The lowest BCUT2D eigenvalue weighted by atomic mass is 10.1. The summed E-state index contributed by atoms with van der Waals surface area (Å²) in [5.74, 6) is -1.08. The molecular weight excluding hydrogens is 345 g/mol. The molecule has 0 atom stereocenters. The average molecular weight is 364 g/mol. The molecule has 2 aromatic rings. The van der Waals surface area contributed by atoms with Crippen molar-refractivity contribution in [3.8, 4) is 0 Å². The number of hydrogen-bond acceptors (Lipinski definition) is 2. The number of anilines is 2. The Morgan fingerprint density at radius 2 is 1.58 bits per heavy atom. The Hall–Kier alpha value is -2.83. The maximum Gasteiger partial charge on any atom is 0.418 e. The van der Waals surface area contributed by atoms with Crippen molar-refractivity contribution >= 4 is 23.2 Å². The van der Waals surface area contributed by atoms with Gasteiger partial charge in [0.1, 0.15) is 6.54 Å². The molecule has 26 heavy (non-hydrogen) atoms. The minimum atomic E-state index is -4.59. The number of benzene rings is 2. The van der Waals surface area contributed by atoms with Gasteiger partial charge in [-0.3, -0.25) is 9.59 Å². The van der Waals surface area contributed by atoms with Gasteiger partial charge in [0.2, 0.25) is 11.8 Å². The van der Waals surface area contributed by atoms with Crippen LogP contribution in [0.2, 0.25) is 0 Å². The molecule has 0 bridgehead atoms. The summed E-state index contributed by atoms with van der Waals surface area (Å²) in [6.45, 7) is 4.53. The second-order valence-electron chi connectivity index (χ2n) is 5.94. The number of carbonyl (C=O) groups excluding carboxylic acids is 2. The predicted molar refractivity (Wildman–Crippen MR) is 94.0 cm³/mol. The predicted octanol–water partition coefficient (Wildman–Crippen LogP) is 4.31. The van der Waals surface area contributed by atoms with Crippen molar-refractivity contribution in [2.24, 2.45) is 0 Å². The van der Waals surface area contributed by atoms with E-state index >= 15 is 0 Å². The zero-order chi connectivity index (χ0) is 19.5. The summed E-state index contributed by atoms with van der Waals surface area (Å²) >= 11 is 0. The molecule has 0 unspecified atom stereocenters. The molecule has 1 N–H and O–H groups in total. The lowest BCUT2D eigenvalue weighted by Gasteiger charge is -2.25. The molecular formula is C19H19F3N2O2. The number of amides is 2. The monoisotopic (exact) mass is 364 g/mol. The van der Waals surface area contributed by atoms with Crippen LogP contribution in [-0.2, 0) is 15.8 Å². The molecule has 0 aliphatic rings. The summed E-state index contributed by atoms with van der Waals surface area (Å²) in [5.41, 5.74) is 0.899. The van der Waals surface area contributed by atoms with Gasteiger partial charge in [-0.15, -0.1) is 0 Å². The molecule has 0 aliphatic heterocycles. The van der Waals surface area contributed by atoms with E-state index in [1.807, 2.05) is 6.07 Å². The van der Waals surface area contributed by atoms with Crippen LogP contribution in [0.15, 0.2) is 42.5 Å². The zero-order valence-electron chi connectivity index (χ0n) is 14.6. The minimum absolute atomic E-state index is 0.338. The molecule has 4 nitrogen and oxygen atoms in total. The van der Waals surface area contributed by atoms with Gasteiger partial charge in [-0.1, -0.05) is 30.3 Å². The van der Waals surface area contributed by atoms with Crippen LogP contribution in [0.25, 0.3) is 0 Å². The van der Waals surface area contributed by atoms with Gasteiger partial charge in [0.15, 0.2) is 0 Å². The topological polar surface area (TPSA) is 49.4 Å². The van der Waals surface area contributed by atoms with Crippen molar-refractivity contribution in [1.82, 2.24) is 0 Å². The molecule has 2 amide bonds. The van der Waals surface area contributed by atoms with E-state index in [2.05, 4.69) is 5.32 Å². The molecule has 0 saturated heterocycles. The van der Waals surface area contributed by atoms with E-state index < -0.39 is 17.6 Å². The molecule has 0 fully saturated rings. The lowest BCUT2D eigenvalue weighted by Crippen LogP contribution is -2.37. The van der Waals surface area contributed by atoms with E-state index in [0.29, 0.717) is 5.69 Å². The third kappa shape index (κ3) is 4.41. The number of aryl methyl sites for hydroxylation is 2. The molecule has 0 radical (unpaired) electrons. The number of rotatable bonds is 4. The number of alkyl halides is 3. The summed E-state index contributed by atoms with van der Waals surface area (Å²) in [6.07, 6.45) is -4.59. The van der Waals surface area contributed by atoms with E-state index in [4.69, 9.17) is 0 Å². The van der Waals surface area contributed by atoms with Crippen LogP contribution in [0.1, 0.15) is 23.6 Å². The highest BCUT2D eigenvalue weighted by Crippen LogP contribution is 2.34. The maximum atomic E-state index is 13.0. The van der Waals surface area contributed by atoms with Gasteiger partial charge >= 0.3 is 6.18 Å². The van der Waals surface area contributed by atoms with Crippen LogP contribution in [0.4, 0.5) is 24.5 Å². The van der Waals surface area contributed by atoms with Gasteiger partial charge in [0, 0.05) is 6.92 Å². The quantitative estimate of drug-likeness (QED) is 0.879. The van der Waals surface area contributed by atoms with Crippen molar-refractivity contribution in [2.45, 2.75) is 26.9 Å². The number of nitrogens with zero attached hydrogens (tertiary/aromatic N) is 1. The summed E-state index contributed by atoms with van der Waals surface area (Å²) in [7, 11) is 0. The maximum absolute atomic E-state index is 13.0. The van der Waals surface area contributed by atoms with Crippen LogP contribution in [-0.4, -0.2) is 18.4 Å². The summed E-state index contributed by atoms with van der Waals surface area (Å²) < 4.78 is 39.1. The summed E-state index contributed by atoms with van der Waals surface area (Å²) in [4.78, 5) is 25.6. The van der Waals surface area contributed by atoms with Crippen molar-refractivity contribution in [1.29, 1.82) is 0 Å². The molecule has 0 heterocycles. The van der Waals surface area contributed by atoms with Crippen molar-refractivity contribution < 1.29 is 22.8 Å². The number of hydrogen-bond donors (Lipinski definition) is 1. The highest BCUT2D eigenvalue weighted by molar-refractivity contribution is 6.02. The first kappa shape index (κ1) is 19.5. The lowest BCUT2D eigenvalue weighted by molar-refractivity contribution is -0.137. The molecule has 2 aromatic carbocycles. The van der Waals surface area contributed by atoms with E-state index in [1.165, 1.54) is 30.0 Å². The number of carbonyl (C=O) groups is 2. The van der Waals surface area contributed by atoms with Crippen LogP contribution in [0, 0.1) is 13.8 Å². The van der Waals surface area contributed by atoms with Crippen LogP contribution in [0.5, 0.6) is 0 Å². The number of nitrogens with one attached hydrogen (secondary N) is 1. The van der Waals surface area contributed by atoms with Crippen molar-refractivity contribution in [3.63, 3.8) is 0 Å². The standard InChI is InChI=1S/C19H19F3N2O2/c1-12-7-6-8-13(2)18(12)24(14(3)25)11-17(26)23-16-10-5-4-9-15(16)19(20,21)22/h4-10H,11H2,1-3H3,(H,23,26). The Morgan fingerprint density at radius 3 is 2.12 bits per heavy atom.